The van der Waals surface area contributed by atoms with Crippen LogP contribution in [-0.2, 0) is 19.7 Å². The van der Waals surface area contributed by atoms with Gasteiger partial charge in [0.25, 0.3) is 10.2 Å². The molecular weight excluding hydrogens is 244 g/mol. The van der Waals surface area contributed by atoms with Gasteiger partial charge in [-0.3, -0.25) is 0 Å². The Hall–Kier alpha value is -0.210. The van der Waals surface area contributed by atoms with Crippen molar-refractivity contribution < 1.29 is 17.9 Å². The van der Waals surface area contributed by atoms with Gasteiger partial charge in [-0.1, -0.05) is 0 Å². The fourth-order valence-electron chi connectivity index (χ4n) is 2.53. The maximum Gasteiger partial charge on any atom is 0.279 e. The third-order valence-corrected chi connectivity index (χ3v) is 5.25. The molecule has 1 aliphatic heterocycles. The Labute approximate surface area is 102 Å². The molecule has 0 aromatic heterocycles. The fraction of sp³-hybridized carbons (Fsp3) is 1.00. The number of hydrogen-bond acceptors (Lipinski definition) is 4. The molecule has 2 aliphatic rings. The van der Waals surface area contributed by atoms with Crippen molar-refractivity contribution in [3.8, 4) is 0 Å². The average molecular weight is 264 g/mol. The zero-order chi connectivity index (χ0) is 12.5. The van der Waals surface area contributed by atoms with E-state index in [0.29, 0.717) is 13.2 Å². The van der Waals surface area contributed by atoms with Gasteiger partial charge in [0, 0.05) is 33.0 Å². The second kappa shape index (κ2) is 4.81. The summed E-state index contributed by atoms with van der Waals surface area (Å²) in [7, 11) is -0.285. The van der Waals surface area contributed by atoms with E-state index in [0.717, 1.165) is 25.7 Å². The van der Waals surface area contributed by atoms with Crippen LogP contribution in [0.25, 0.3) is 0 Å². The van der Waals surface area contributed by atoms with Crippen LogP contribution in [-0.4, -0.2) is 51.9 Å². The molecule has 1 heterocycles. The molecule has 2 rings (SSSR count). The van der Waals surface area contributed by atoms with Gasteiger partial charge in [0.05, 0.1) is 13.2 Å². The van der Waals surface area contributed by atoms with E-state index < -0.39 is 16.0 Å². The first kappa shape index (κ1) is 13.2. The molecule has 0 aromatic carbocycles. The van der Waals surface area contributed by atoms with Crippen LogP contribution in [0.4, 0.5) is 0 Å². The van der Waals surface area contributed by atoms with Crippen molar-refractivity contribution in [1.29, 1.82) is 0 Å². The van der Waals surface area contributed by atoms with Crippen LogP contribution in [0.1, 0.15) is 25.7 Å². The minimum atomic E-state index is -3.33. The topological polar surface area (TPSA) is 67.9 Å². The van der Waals surface area contributed by atoms with Gasteiger partial charge in [0.15, 0.2) is 5.79 Å². The number of nitrogens with zero attached hydrogens (tertiary/aromatic N) is 1. The summed E-state index contributed by atoms with van der Waals surface area (Å²) in [5.74, 6) is -0.430. The van der Waals surface area contributed by atoms with Gasteiger partial charge >= 0.3 is 0 Å². The number of hydrogen-bond donors (Lipinski definition) is 1. The lowest BCUT2D eigenvalue weighted by Gasteiger charge is -2.38. The van der Waals surface area contributed by atoms with Crippen molar-refractivity contribution >= 4 is 10.2 Å². The van der Waals surface area contributed by atoms with E-state index in [9.17, 15) is 8.42 Å². The van der Waals surface area contributed by atoms with Gasteiger partial charge in [0.2, 0.25) is 0 Å². The van der Waals surface area contributed by atoms with Gasteiger partial charge in [-0.05, 0) is 12.8 Å². The quantitative estimate of drug-likeness (QED) is 0.783. The van der Waals surface area contributed by atoms with Crippen LogP contribution < -0.4 is 4.72 Å². The lowest BCUT2D eigenvalue weighted by Crippen LogP contribution is -2.47. The average Bonchev–Trinajstić information content (AvgIpc) is 2.78. The molecule has 1 saturated heterocycles. The minimum Gasteiger partial charge on any atom is -0.348 e. The molecule has 17 heavy (non-hydrogen) atoms. The zero-order valence-electron chi connectivity index (χ0n) is 10.3. The maximum atomic E-state index is 11.7. The Balaban J connectivity index is 1.95. The normalized spacial score (nSPS) is 25.8. The molecule has 100 valence electrons. The molecule has 6 nitrogen and oxygen atoms in total. The number of rotatable bonds is 3. The van der Waals surface area contributed by atoms with E-state index in [1.165, 1.54) is 11.4 Å². The van der Waals surface area contributed by atoms with Gasteiger partial charge in [-0.15, -0.1) is 0 Å². The Kier molecular flexibility index (Phi) is 3.74. The summed E-state index contributed by atoms with van der Waals surface area (Å²) in [5, 5.41) is 0. The molecular formula is C10H20N2O4S. The second-order valence-corrected chi connectivity index (χ2v) is 6.50. The highest BCUT2D eigenvalue weighted by molar-refractivity contribution is 7.87. The summed E-state index contributed by atoms with van der Waals surface area (Å²) in [4.78, 5) is 0. The van der Waals surface area contributed by atoms with Crippen molar-refractivity contribution in [3.63, 3.8) is 0 Å². The van der Waals surface area contributed by atoms with Gasteiger partial charge in [-0.2, -0.15) is 12.7 Å². The van der Waals surface area contributed by atoms with Crippen LogP contribution >= 0.6 is 0 Å². The first-order valence-corrected chi connectivity index (χ1v) is 7.37. The van der Waals surface area contributed by atoms with Gasteiger partial charge in [0.1, 0.15) is 0 Å². The lowest BCUT2D eigenvalue weighted by atomic mass is 9.90. The Morgan fingerprint density at radius 1 is 1.24 bits per heavy atom. The molecule has 0 atom stereocenters. The third kappa shape index (κ3) is 2.63. The predicted molar refractivity (Wildman–Crippen MR) is 62.6 cm³/mol. The summed E-state index contributed by atoms with van der Waals surface area (Å²) < 4.78 is 38.3. The highest BCUT2D eigenvalue weighted by atomic mass is 32.2. The van der Waals surface area contributed by atoms with Crippen LogP contribution in [0.3, 0.4) is 0 Å². The number of nitrogens with one attached hydrogen (secondary N) is 1. The van der Waals surface area contributed by atoms with Crippen LogP contribution in [0.2, 0.25) is 0 Å². The standard InChI is InChI=1S/C10H20N2O4S/c1-11-17(13,14)12(2)9-3-5-10(6-4-9)15-7-8-16-10/h9,11H,3-8H2,1-2H3. The Morgan fingerprint density at radius 2 is 1.76 bits per heavy atom. The van der Waals surface area contributed by atoms with Crippen LogP contribution in [0, 0.1) is 0 Å². The fourth-order valence-corrected chi connectivity index (χ4v) is 3.42. The summed E-state index contributed by atoms with van der Waals surface area (Å²) in [6.07, 6.45) is 3.08. The summed E-state index contributed by atoms with van der Waals surface area (Å²) in [5.41, 5.74) is 0. The maximum absolute atomic E-state index is 11.7. The second-order valence-electron chi connectivity index (χ2n) is 4.56. The van der Waals surface area contributed by atoms with Gasteiger partial charge < -0.3 is 9.47 Å². The van der Waals surface area contributed by atoms with Crippen LogP contribution in [0.5, 0.6) is 0 Å². The largest absolute Gasteiger partial charge is 0.348 e. The summed E-state index contributed by atoms with van der Waals surface area (Å²) in [6, 6.07) is 0.0332. The summed E-state index contributed by atoms with van der Waals surface area (Å²) >= 11 is 0. The van der Waals surface area contributed by atoms with Crippen molar-refractivity contribution in [2.75, 3.05) is 27.3 Å². The highest BCUT2D eigenvalue weighted by Gasteiger charge is 2.42. The Bertz CT molecular complexity index is 355. The van der Waals surface area contributed by atoms with E-state index in [4.69, 9.17) is 9.47 Å². The van der Waals surface area contributed by atoms with Crippen molar-refractivity contribution in [1.82, 2.24) is 9.03 Å². The van der Waals surface area contributed by atoms with E-state index in [-0.39, 0.29) is 6.04 Å². The minimum absolute atomic E-state index is 0.0332. The van der Waals surface area contributed by atoms with Crippen molar-refractivity contribution in [3.05, 3.63) is 0 Å². The van der Waals surface area contributed by atoms with E-state index in [1.54, 1.807) is 7.05 Å². The van der Waals surface area contributed by atoms with Crippen LogP contribution in [0.15, 0.2) is 0 Å². The molecule has 1 aliphatic carbocycles. The monoisotopic (exact) mass is 264 g/mol. The molecule has 1 N–H and O–H groups in total. The molecule has 0 bridgehead atoms. The first-order valence-electron chi connectivity index (χ1n) is 5.93. The van der Waals surface area contributed by atoms with Gasteiger partial charge in [-0.25, -0.2) is 4.72 Å². The van der Waals surface area contributed by atoms with E-state index >= 15 is 0 Å². The van der Waals surface area contributed by atoms with Crippen molar-refractivity contribution in [2.24, 2.45) is 0 Å². The molecule has 7 heteroatoms. The third-order valence-electron chi connectivity index (χ3n) is 3.68. The van der Waals surface area contributed by atoms with E-state index in [1.807, 2.05) is 0 Å². The predicted octanol–water partition coefficient (Wildman–Crippen LogP) is 0.0681. The Morgan fingerprint density at radius 3 is 2.24 bits per heavy atom. The number of ether oxygens (including phenoxy) is 2. The molecule has 0 aromatic rings. The lowest BCUT2D eigenvalue weighted by molar-refractivity contribution is -0.181. The molecule has 0 amide bonds. The van der Waals surface area contributed by atoms with E-state index in [2.05, 4.69) is 4.72 Å². The molecule has 1 spiro atoms. The zero-order valence-corrected chi connectivity index (χ0v) is 11.1. The first-order chi connectivity index (χ1) is 7.99. The molecule has 0 unspecified atom stereocenters. The highest BCUT2D eigenvalue weighted by Crippen LogP contribution is 2.37. The molecule has 0 radical (unpaired) electrons. The van der Waals surface area contributed by atoms with Crippen molar-refractivity contribution in [2.45, 2.75) is 37.5 Å². The summed E-state index contributed by atoms with van der Waals surface area (Å²) in [6.45, 7) is 1.30. The molecule has 1 saturated carbocycles. The smallest absolute Gasteiger partial charge is 0.279 e. The SMILES string of the molecule is CNS(=O)(=O)N(C)C1CCC2(CC1)OCCO2. The molecule has 2 fully saturated rings.